The molecule has 0 amide bonds. The van der Waals surface area contributed by atoms with Gasteiger partial charge in [0.1, 0.15) is 0 Å². The van der Waals surface area contributed by atoms with Crippen LogP contribution in [0.4, 0.5) is 0 Å². The van der Waals surface area contributed by atoms with E-state index in [1.54, 1.807) is 11.1 Å². The van der Waals surface area contributed by atoms with Crippen LogP contribution in [0, 0.1) is 13.8 Å². The molecule has 0 spiro atoms. The summed E-state index contributed by atoms with van der Waals surface area (Å²) in [6, 6.07) is 14.4. The third-order valence-corrected chi connectivity index (χ3v) is 6.38. The van der Waals surface area contributed by atoms with Gasteiger partial charge in [-0.15, -0.1) is 0 Å². The third-order valence-electron chi connectivity index (χ3n) is 6.38. The van der Waals surface area contributed by atoms with Crippen LogP contribution in [0.25, 0.3) is 0 Å². The summed E-state index contributed by atoms with van der Waals surface area (Å²) in [4.78, 5) is 2.57. The van der Waals surface area contributed by atoms with Gasteiger partial charge in [-0.3, -0.25) is 4.90 Å². The highest BCUT2D eigenvalue weighted by Crippen LogP contribution is 2.29. The monoisotopic (exact) mass is 348 g/mol. The van der Waals surface area contributed by atoms with E-state index in [9.17, 15) is 0 Å². The summed E-state index contributed by atoms with van der Waals surface area (Å²) < 4.78 is 0. The van der Waals surface area contributed by atoms with E-state index >= 15 is 0 Å². The molecule has 2 aromatic rings. The molecule has 4 rings (SSSR count). The fourth-order valence-corrected chi connectivity index (χ4v) is 4.76. The van der Waals surface area contributed by atoms with Crippen LogP contribution in [-0.4, -0.2) is 24.0 Å². The molecule has 1 saturated heterocycles. The number of fused-ring (bicyclic) bond motifs is 1. The minimum Gasteiger partial charge on any atom is -0.327 e. The van der Waals surface area contributed by atoms with Gasteiger partial charge in [0, 0.05) is 25.7 Å². The number of nitrogens with two attached hydrogens (primary N) is 1. The average molecular weight is 349 g/mol. The van der Waals surface area contributed by atoms with Gasteiger partial charge in [0.25, 0.3) is 0 Å². The number of benzene rings is 2. The first-order valence-electron chi connectivity index (χ1n) is 10.2. The first-order valence-corrected chi connectivity index (χ1v) is 10.2. The van der Waals surface area contributed by atoms with Crippen LogP contribution in [0.15, 0.2) is 36.4 Å². The van der Waals surface area contributed by atoms with Gasteiger partial charge < -0.3 is 5.73 Å². The number of piperidine rings is 1. The Labute approximate surface area is 158 Å². The maximum absolute atomic E-state index is 6.44. The van der Waals surface area contributed by atoms with Gasteiger partial charge in [0.2, 0.25) is 0 Å². The Kier molecular flexibility index (Phi) is 5.15. The van der Waals surface area contributed by atoms with E-state index in [-0.39, 0.29) is 6.04 Å². The van der Waals surface area contributed by atoms with Crippen LogP contribution in [-0.2, 0) is 19.4 Å². The van der Waals surface area contributed by atoms with Crippen molar-refractivity contribution in [3.05, 3.63) is 69.8 Å². The van der Waals surface area contributed by atoms with Crippen molar-refractivity contribution in [1.82, 2.24) is 4.90 Å². The van der Waals surface area contributed by atoms with E-state index in [0.717, 1.165) is 26.1 Å². The molecule has 0 aromatic heterocycles. The molecule has 1 heterocycles. The topological polar surface area (TPSA) is 29.3 Å². The molecule has 2 heteroatoms. The smallest absolute Gasteiger partial charge is 0.0234 e. The lowest BCUT2D eigenvalue weighted by molar-refractivity contribution is 0.181. The largest absolute Gasteiger partial charge is 0.327 e. The first-order chi connectivity index (χ1) is 12.6. The normalized spacial score (nSPS) is 23.7. The Balaban J connectivity index is 1.49. The second kappa shape index (κ2) is 7.54. The van der Waals surface area contributed by atoms with E-state index in [1.165, 1.54) is 47.9 Å². The van der Waals surface area contributed by atoms with E-state index in [1.807, 2.05) is 0 Å². The minimum atomic E-state index is 0.271. The molecule has 0 radical (unpaired) electrons. The molecule has 1 fully saturated rings. The van der Waals surface area contributed by atoms with E-state index in [4.69, 9.17) is 5.73 Å². The molecule has 0 bridgehead atoms. The zero-order valence-electron chi connectivity index (χ0n) is 16.3. The van der Waals surface area contributed by atoms with E-state index in [2.05, 4.69) is 55.1 Å². The predicted octanol–water partition coefficient (Wildman–Crippen LogP) is 4.50. The molecule has 0 saturated carbocycles. The van der Waals surface area contributed by atoms with Crippen molar-refractivity contribution < 1.29 is 0 Å². The summed E-state index contributed by atoms with van der Waals surface area (Å²) in [7, 11) is 0. The number of hydrogen-bond donors (Lipinski definition) is 1. The minimum absolute atomic E-state index is 0.271. The van der Waals surface area contributed by atoms with Crippen LogP contribution in [0.2, 0.25) is 0 Å². The molecule has 1 aliphatic carbocycles. The van der Waals surface area contributed by atoms with Crippen LogP contribution in [0.5, 0.6) is 0 Å². The van der Waals surface area contributed by atoms with Crippen molar-refractivity contribution in [2.75, 3.05) is 13.1 Å². The molecule has 2 atom stereocenters. The quantitative estimate of drug-likeness (QED) is 0.885. The van der Waals surface area contributed by atoms with Crippen LogP contribution < -0.4 is 5.73 Å². The standard InChI is InChI=1S/C24H32N2/c1-17-7-9-22(11-18(17)2)23-13-24(25)16-26(15-23)14-19-8-10-20-5-3-4-6-21(20)12-19/h7-12,23-24H,3-6,13-16,25H2,1-2H3. The summed E-state index contributed by atoms with van der Waals surface area (Å²) >= 11 is 0. The van der Waals surface area contributed by atoms with Crippen molar-refractivity contribution in [3.63, 3.8) is 0 Å². The van der Waals surface area contributed by atoms with Crippen LogP contribution in [0.1, 0.15) is 58.6 Å². The lowest BCUT2D eigenvalue weighted by Gasteiger charge is -2.37. The van der Waals surface area contributed by atoms with Gasteiger partial charge in [-0.25, -0.2) is 0 Å². The molecular weight excluding hydrogens is 316 g/mol. The molecule has 26 heavy (non-hydrogen) atoms. The van der Waals surface area contributed by atoms with Crippen molar-refractivity contribution in [2.45, 2.75) is 64.5 Å². The van der Waals surface area contributed by atoms with Crippen molar-refractivity contribution in [2.24, 2.45) is 5.73 Å². The van der Waals surface area contributed by atoms with Crippen molar-refractivity contribution in [1.29, 1.82) is 0 Å². The molecule has 1 aliphatic heterocycles. The van der Waals surface area contributed by atoms with Gasteiger partial charge in [-0.1, -0.05) is 36.4 Å². The third kappa shape index (κ3) is 3.87. The SMILES string of the molecule is Cc1ccc(C2CC(N)CN(Cc3ccc4c(c3)CCCC4)C2)cc1C. The maximum atomic E-state index is 6.44. The fraction of sp³-hybridized carbons (Fsp3) is 0.500. The predicted molar refractivity (Wildman–Crippen MR) is 110 cm³/mol. The Morgan fingerprint density at radius 3 is 2.54 bits per heavy atom. The highest BCUT2D eigenvalue weighted by Gasteiger charge is 2.26. The summed E-state index contributed by atoms with van der Waals surface area (Å²) in [6.07, 6.45) is 6.32. The summed E-state index contributed by atoms with van der Waals surface area (Å²) in [5.74, 6) is 0.552. The zero-order chi connectivity index (χ0) is 18.1. The Morgan fingerprint density at radius 2 is 1.73 bits per heavy atom. The molecule has 2 aliphatic rings. The number of aryl methyl sites for hydroxylation is 4. The highest BCUT2D eigenvalue weighted by atomic mass is 15.1. The number of rotatable bonds is 3. The van der Waals surface area contributed by atoms with E-state index < -0.39 is 0 Å². The van der Waals surface area contributed by atoms with Gasteiger partial charge >= 0.3 is 0 Å². The molecule has 2 N–H and O–H groups in total. The Bertz CT molecular complexity index is 780. The van der Waals surface area contributed by atoms with Gasteiger partial charge in [-0.2, -0.15) is 0 Å². The second-order valence-corrected chi connectivity index (χ2v) is 8.54. The number of nitrogens with zero attached hydrogens (tertiary/aromatic N) is 1. The highest BCUT2D eigenvalue weighted by molar-refractivity contribution is 5.35. The van der Waals surface area contributed by atoms with E-state index in [0.29, 0.717) is 5.92 Å². The Morgan fingerprint density at radius 1 is 0.923 bits per heavy atom. The van der Waals surface area contributed by atoms with Crippen LogP contribution in [0.3, 0.4) is 0 Å². The number of likely N-dealkylation sites (tertiary alicyclic amines) is 1. The summed E-state index contributed by atoms with van der Waals surface area (Å²) in [5, 5.41) is 0. The average Bonchev–Trinajstić information content (AvgIpc) is 2.63. The fourth-order valence-electron chi connectivity index (χ4n) is 4.76. The Hall–Kier alpha value is -1.64. The van der Waals surface area contributed by atoms with Gasteiger partial charge in [-0.05, 0) is 85.3 Å². The van der Waals surface area contributed by atoms with Gasteiger partial charge in [0.15, 0.2) is 0 Å². The molecular formula is C24H32N2. The molecule has 2 nitrogen and oxygen atoms in total. The summed E-state index contributed by atoms with van der Waals surface area (Å²) in [6.45, 7) is 7.56. The molecule has 2 aromatic carbocycles. The second-order valence-electron chi connectivity index (χ2n) is 8.54. The van der Waals surface area contributed by atoms with Crippen molar-refractivity contribution in [3.8, 4) is 0 Å². The first kappa shape index (κ1) is 17.8. The lowest BCUT2D eigenvalue weighted by atomic mass is 9.86. The molecule has 138 valence electrons. The molecule has 2 unspecified atom stereocenters. The maximum Gasteiger partial charge on any atom is 0.0234 e. The van der Waals surface area contributed by atoms with Gasteiger partial charge in [0.05, 0.1) is 0 Å². The summed E-state index contributed by atoms with van der Waals surface area (Å²) in [5.41, 5.74) is 15.3. The van der Waals surface area contributed by atoms with Crippen molar-refractivity contribution >= 4 is 0 Å². The lowest BCUT2D eigenvalue weighted by Crippen LogP contribution is -2.45. The van der Waals surface area contributed by atoms with Crippen LogP contribution >= 0.6 is 0 Å². The zero-order valence-corrected chi connectivity index (χ0v) is 16.3. The number of hydrogen-bond acceptors (Lipinski definition) is 2.